The predicted octanol–water partition coefficient (Wildman–Crippen LogP) is 24.1. The van der Waals surface area contributed by atoms with Crippen molar-refractivity contribution in [3.63, 3.8) is 0 Å². The molecular weight excluding hydrogens is 1160 g/mol. The first-order chi connectivity index (χ1) is 45.0. The van der Waals surface area contributed by atoms with Crippen LogP contribution in [0.5, 0.6) is 0 Å². The molecule has 0 fully saturated rings. The molecule has 0 radical (unpaired) electrons. The molecule has 0 saturated heterocycles. The number of carbonyl (C=O) groups is 2. The second kappa shape index (κ2) is 70.9. The van der Waals surface area contributed by atoms with E-state index < -0.39 is 32.5 Å². The first-order valence-corrected chi connectivity index (χ1v) is 38.7. The van der Waals surface area contributed by atoms with E-state index in [2.05, 4.69) is 172 Å². The van der Waals surface area contributed by atoms with Gasteiger partial charge in [-0.25, -0.2) is 0 Å². The molecule has 0 aliphatic carbocycles. The van der Waals surface area contributed by atoms with Gasteiger partial charge in [-0.3, -0.25) is 14.2 Å². The van der Waals surface area contributed by atoms with Gasteiger partial charge in [0.1, 0.15) is 19.8 Å². The van der Waals surface area contributed by atoms with Gasteiger partial charge in [-0.05, 0) is 128 Å². The van der Waals surface area contributed by atoms with Crippen molar-refractivity contribution in [2.45, 2.75) is 302 Å². The van der Waals surface area contributed by atoms with Gasteiger partial charge in [0.25, 0.3) is 7.82 Å². The van der Waals surface area contributed by atoms with E-state index in [0.29, 0.717) is 17.4 Å². The largest absolute Gasteiger partial charge is 0.756 e. The van der Waals surface area contributed by atoms with Crippen molar-refractivity contribution in [3.05, 3.63) is 158 Å². The molecule has 0 aromatic rings. The summed E-state index contributed by atoms with van der Waals surface area (Å²) in [6, 6.07) is 0. The minimum Gasteiger partial charge on any atom is -0.756 e. The molecule has 10 heteroatoms. The Kier molecular flexibility index (Phi) is 67.6. The maximum atomic E-state index is 12.9. The number of phosphoric acid groups is 1. The highest BCUT2D eigenvalue weighted by atomic mass is 31.2. The smallest absolute Gasteiger partial charge is 0.306 e. The SMILES string of the molecule is CC/C=C\C/C=C\C/C=C\C/C=C\C/C=C\C/C=C\C/C=C\C/C=C\C/C=C\C/C=C\C/C=C\CCCCCCCC(=O)OC(COC(=O)CCCCCCCCCCCCCCCCCCC/C=C\C/C=C\CCCCCCC)COP(=O)([O-])OCC[N+](C)(C)C. The second-order valence-corrected chi connectivity index (χ2v) is 27.0. The van der Waals surface area contributed by atoms with Crippen LogP contribution in [0.25, 0.3) is 0 Å². The first kappa shape index (κ1) is 87.6. The van der Waals surface area contributed by atoms with Crippen LogP contribution in [0.1, 0.15) is 296 Å². The summed E-state index contributed by atoms with van der Waals surface area (Å²) in [5.74, 6) is -0.858. The molecule has 0 rings (SSSR count). The highest BCUT2D eigenvalue weighted by Crippen LogP contribution is 2.38. The number of quaternary nitrogens is 1. The zero-order chi connectivity index (χ0) is 66.9. The monoisotopic (exact) mass is 1300 g/mol. The highest BCUT2D eigenvalue weighted by Gasteiger charge is 2.22. The van der Waals surface area contributed by atoms with Crippen molar-refractivity contribution in [2.24, 2.45) is 0 Å². The summed E-state index contributed by atoms with van der Waals surface area (Å²) in [4.78, 5) is 38.1. The Morgan fingerprint density at radius 2 is 0.620 bits per heavy atom. The van der Waals surface area contributed by atoms with Crippen molar-refractivity contribution < 1.29 is 42.1 Å². The average Bonchev–Trinajstić information content (AvgIpc) is 2.14. The maximum absolute atomic E-state index is 12.9. The molecule has 2 atom stereocenters. The molecule has 0 spiro atoms. The number of unbranched alkanes of at least 4 members (excludes halogenated alkanes) is 27. The fraction of sp³-hybridized carbons (Fsp3) is 0.659. The normalized spacial score (nSPS) is 14.0. The van der Waals surface area contributed by atoms with Crippen LogP contribution in [0.4, 0.5) is 0 Å². The van der Waals surface area contributed by atoms with E-state index in [-0.39, 0.29) is 26.1 Å². The van der Waals surface area contributed by atoms with Crippen molar-refractivity contribution in [2.75, 3.05) is 47.5 Å². The van der Waals surface area contributed by atoms with Crippen LogP contribution < -0.4 is 4.89 Å². The molecule has 2 unspecified atom stereocenters. The van der Waals surface area contributed by atoms with E-state index in [4.69, 9.17) is 18.5 Å². The Morgan fingerprint density at radius 1 is 0.348 bits per heavy atom. The van der Waals surface area contributed by atoms with Gasteiger partial charge in [-0.15, -0.1) is 0 Å². The average molecular weight is 1300 g/mol. The van der Waals surface area contributed by atoms with Crippen LogP contribution >= 0.6 is 7.82 Å². The van der Waals surface area contributed by atoms with Crippen LogP contribution in [0.15, 0.2) is 158 Å². The third-order valence-electron chi connectivity index (χ3n) is 15.5. The third-order valence-corrected chi connectivity index (χ3v) is 16.5. The van der Waals surface area contributed by atoms with E-state index in [9.17, 15) is 19.0 Å². The standard InChI is InChI=1S/C82H138NO8P/c1-6-8-10-12-14-16-18-20-22-24-26-28-30-32-34-36-37-38-39-40-41-42-43-44-45-47-49-51-53-55-57-59-61-63-65-67-69-71-73-75-82(85)91-80(79-90-92(86,87)89-77-76-83(3,4)5)78-88-81(84)74-72-70-68-66-64-62-60-58-56-54-52-50-48-46-35-33-31-29-27-25-23-21-19-17-15-13-11-9-7-2/h8,10,14,16,19-22,25-28,32,34,37-38,40-41,43-44,47,49,53,55,59,61,80H,6-7,9,11-13,15,17-18,23-24,29-31,33,35-36,39,42,45-46,48,50-52,54,56-58,60,62-79H2,1-5H3/b10-8-,16-14-,21-19-,22-20-,27-25-,28-26-,34-32-,38-37-,41-40-,44-43-,49-47-,55-53-,61-59-. The lowest BCUT2D eigenvalue weighted by Crippen LogP contribution is -2.37. The molecule has 0 saturated carbocycles. The predicted molar refractivity (Wildman–Crippen MR) is 397 cm³/mol. The zero-order valence-electron chi connectivity index (χ0n) is 59.7. The minimum atomic E-state index is -4.66. The molecular formula is C82H138NO8P. The van der Waals surface area contributed by atoms with Gasteiger partial charge in [0.2, 0.25) is 0 Å². The van der Waals surface area contributed by atoms with Crippen molar-refractivity contribution in [1.29, 1.82) is 0 Å². The molecule has 0 heterocycles. The van der Waals surface area contributed by atoms with Crippen LogP contribution in [0.2, 0.25) is 0 Å². The van der Waals surface area contributed by atoms with Gasteiger partial charge >= 0.3 is 11.9 Å². The Hall–Kier alpha value is -4.37. The van der Waals surface area contributed by atoms with Gasteiger partial charge in [-0.2, -0.15) is 0 Å². The Morgan fingerprint density at radius 3 is 0.924 bits per heavy atom. The van der Waals surface area contributed by atoms with Gasteiger partial charge < -0.3 is 27.9 Å². The van der Waals surface area contributed by atoms with Gasteiger partial charge in [-0.1, -0.05) is 313 Å². The van der Waals surface area contributed by atoms with Crippen molar-refractivity contribution in [1.82, 2.24) is 0 Å². The molecule has 0 N–H and O–H groups in total. The zero-order valence-corrected chi connectivity index (χ0v) is 60.6. The topological polar surface area (TPSA) is 111 Å². The Labute approximate surface area is 566 Å². The molecule has 0 aromatic carbocycles. The number of phosphoric ester groups is 1. The quantitative estimate of drug-likeness (QED) is 0.0195. The van der Waals surface area contributed by atoms with Crippen LogP contribution in [0.3, 0.4) is 0 Å². The van der Waals surface area contributed by atoms with E-state index in [1.807, 2.05) is 21.1 Å². The van der Waals surface area contributed by atoms with E-state index in [1.165, 1.54) is 135 Å². The maximum Gasteiger partial charge on any atom is 0.306 e. The van der Waals surface area contributed by atoms with Crippen molar-refractivity contribution >= 4 is 19.8 Å². The number of esters is 2. The number of hydrogen-bond acceptors (Lipinski definition) is 8. The number of likely N-dealkylation sites (N-methyl/N-ethyl adjacent to an activating group) is 1. The van der Waals surface area contributed by atoms with Crippen LogP contribution in [0, 0.1) is 0 Å². The van der Waals surface area contributed by atoms with Crippen LogP contribution in [-0.4, -0.2) is 70.0 Å². The molecule has 9 nitrogen and oxygen atoms in total. The van der Waals surface area contributed by atoms with E-state index in [1.54, 1.807) is 0 Å². The lowest BCUT2D eigenvalue weighted by molar-refractivity contribution is -0.870. The summed E-state index contributed by atoms with van der Waals surface area (Å²) in [5.41, 5.74) is 0. The summed E-state index contributed by atoms with van der Waals surface area (Å²) >= 11 is 0. The number of allylic oxidation sites excluding steroid dienone is 26. The number of nitrogens with zero attached hydrogens (tertiary/aromatic N) is 1. The number of rotatable bonds is 67. The molecule has 0 aliphatic heterocycles. The fourth-order valence-corrected chi connectivity index (χ4v) is 10.6. The summed E-state index contributed by atoms with van der Waals surface area (Å²) in [6.07, 6.45) is 106. The lowest BCUT2D eigenvalue weighted by atomic mass is 10.0. The number of ether oxygens (including phenoxy) is 2. The van der Waals surface area contributed by atoms with Crippen LogP contribution in [-0.2, 0) is 32.7 Å². The summed E-state index contributed by atoms with van der Waals surface area (Å²) < 4.78 is 34.3. The molecule has 0 amide bonds. The summed E-state index contributed by atoms with van der Waals surface area (Å²) in [7, 11) is 1.14. The molecule has 0 bridgehead atoms. The molecule has 0 aliphatic rings. The molecule has 0 aromatic heterocycles. The first-order valence-electron chi connectivity index (χ1n) is 37.2. The van der Waals surface area contributed by atoms with Gasteiger partial charge in [0.05, 0.1) is 27.7 Å². The number of carbonyl (C=O) groups excluding carboxylic acids is 2. The van der Waals surface area contributed by atoms with Gasteiger partial charge in [0, 0.05) is 12.8 Å². The minimum absolute atomic E-state index is 0.0419. The number of hydrogen-bond donors (Lipinski definition) is 0. The van der Waals surface area contributed by atoms with E-state index in [0.717, 1.165) is 128 Å². The third kappa shape index (κ3) is 74.7. The van der Waals surface area contributed by atoms with E-state index >= 15 is 0 Å². The fourth-order valence-electron chi connectivity index (χ4n) is 9.87. The summed E-state index contributed by atoms with van der Waals surface area (Å²) in [6.45, 7) is 4.10. The lowest BCUT2D eigenvalue weighted by Gasteiger charge is -2.28. The Bertz CT molecular complexity index is 2110. The molecule has 92 heavy (non-hydrogen) atoms. The van der Waals surface area contributed by atoms with Crippen molar-refractivity contribution in [3.8, 4) is 0 Å². The Balaban J connectivity index is 4.13. The second-order valence-electron chi connectivity index (χ2n) is 25.6. The summed E-state index contributed by atoms with van der Waals surface area (Å²) in [5, 5.41) is 0. The molecule has 524 valence electrons. The van der Waals surface area contributed by atoms with Gasteiger partial charge in [0.15, 0.2) is 6.10 Å². The highest BCUT2D eigenvalue weighted by molar-refractivity contribution is 7.45.